The van der Waals surface area contributed by atoms with Crippen LogP contribution in [0, 0.1) is 17.2 Å². The van der Waals surface area contributed by atoms with Crippen molar-refractivity contribution in [2.75, 3.05) is 5.88 Å². The van der Waals surface area contributed by atoms with Gasteiger partial charge < -0.3 is 4.74 Å². The molecule has 0 spiro atoms. The normalized spacial score (nSPS) is 24.7. The molecule has 0 saturated heterocycles. The Balaban J connectivity index is 1.66. The van der Waals surface area contributed by atoms with E-state index in [1.54, 1.807) is 0 Å². The molecule has 2 aliphatic rings. The van der Waals surface area contributed by atoms with Gasteiger partial charge in [0.2, 0.25) is 0 Å². The molecule has 2 fully saturated rings. The van der Waals surface area contributed by atoms with Crippen LogP contribution in [-0.4, -0.2) is 18.0 Å². The fourth-order valence-corrected chi connectivity index (χ4v) is 4.95. The zero-order chi connectivity index (χ0) is 19.1. The topological polar surface area (TPSA) is 50.1 Å². The van der Waals surface area contributed by atoms with E-state index in [1.807, 2.05) is 24.3 Å². The van der Waals surface area contributed by atoms with Gasteiger partial charge in [-0.15, -0.1) is 11.6 Å². The Morgan fingerprint density at radius 3 is 2.37 bits per heavy atom. The van der Waals surface area contributed by atoms with Gasteiger partial charge in [-0.2, -0.15) is 5.26 Å². The number of hydrogen-bond acceptors (Lipinski definition) is 3. The van der Waals surface area contributed by atoms with Crippen molar-refractivity contribution in [2.24, 2.45) is 5.92 Å². The number of benzene rings is 1. The van der Waals surface area contributed by atoms with Crippen molar-refractivity contribution >= 4 is 17.6 Å². The third-order valence-electron chi connectivity index (χ3n) is 6.48. The van der Waals surface area contributed by atoms with E-state index >= 15 is 0 Å². The van der Waals surface area contributed by atoms with Gasteiger partial charge >= 0.3 is 5.97 Å². The molecule has 0 unspecified atom stereocenters. The lowest BCUT2D eigenvalue weighted by molar-refractivity contribution is -0.159. The average Bonchev–Trinajstić information content (AvgIpc) is 2.73. The summed E-state index contributed by atoms with van der Waals surface area (Å²) in [5, 5.41) is 9.05. The minimum Gasteiger partial charge on any atom is -0.462 e. The number of rotatable bonds is 6. The molecule has 0 bridgehead atoms. The van der Waals surface area contributed by atoms with E-state index in [0.717, 1.165) is 75.1 Å². The molecule has 2 aliphatic carbocycles. The molecule has 3 nitrogen and oxygen atoms in total. The van der Waals surface area contributed by atoms with Crippen LogP contribution in [0.1, 0.15) is 81.8 Å². The second-order valence-electron chi connectivity index (χ2n) is 8.21. The molecule has 0 heterocycles. The van der Waals surface area contributed by atoms with Gasteiger partial charge in [-0.25, -0.2) is 0 Å². The van der Waals surface area contributed by atoms with Crippen molar-refractivity contribution in [1.29, 1.82) is 5.26 Å². The summed E-state index contributed by atoms with van der Waals surface area (Å²) in [7, 11) is 0. The van der Waals surface area contributed by atoms with E-state index in [1.165, 1.54) is 12.8 Å². The number of carbonyl (C=O) groups is 1. The van der Waals surface area contributed by atoms with Gasteiger partial charge in [0.1, 0.15) is 6.10 Å². The summed E-state index contributed by atoms with van der Waals surface area (Å²) in [6, 6.07) is 9.70. The van der Waals surface area contributed by atoms with E-state index in [0.29, 0.717) is 5.56 Å². The second-order valence-corrected chi connectivity index (χ2v) is 8.59. The van der Waals surface area contributed by atoms with Crippen LogP contribution in [0.25, 0.3) is 0 Å². The summed E-state index contributed by atoms with van der Waals surface area (Å²) in [6.45, 7) is 0. The number of alkyl halides is 1. The molecule has 27 heavy (non-hydrogen) atoms. The molecule has 146 valence electrons. The molecule has 1 aromatic rings. The summed E-state index contributed by atoms with van der Waals surface area (Å²) in [5.41, 5.74) is 1.12. The van der Waals surface area contributed by atoms with E-state index in [2.05, 4.69) is 6.07 Å². The lowest BCUT2D eigenvalue weighted by Gasteiger charge is -2.38. The zero-order valence-electron chi connectivity index (χ0n) is 16.1. The Morgan fingerprint density at radius 1 is 1.11 bits per heavy atom. The van der Waals surface area contributed by atoms with Crippen LogP contribution >= 0.6 is 11.6 Å². The number of carbonyl (C=O) groups excluding carboxylic acids is 1. The van der Waals surface area contributed by atoms with Crippen LogP contribution in [0.5, 0.6) is 0 Å². The molecular weight excluding hydrogens is 358 g/mol. The second kappa shape index (κ2) is 9.60. The number of esters is 1. The van der Waals surface area contributed by atoms with Crippen molar-refractivity contribution in [1.82, 2.24) is 0 Å². The number of hydrogen-bond donors (Lipinski definition) is 0. The highest BCUT2D eigenvalue weighted by Gasteiger charge is 2.43. The summed E-state index contributed by atoms with van der Waals surface area (Å²) >= 11 is 5.81. The number of halogens is 1. The molecule has 0 N–H and O–H groups in total. The molecular formula is C23H30ClNO2. The first kappa shape index (κ1) is 20.2. The highest BCUT2D eigenvalue weighted by molar-refractivity contribution is 6.17. The highest BCUT2D eigenvalue weighted by Crippen LogP contribution is 2.42. The van der Waals surface area contributed by atoms with Crippen molar-refractivity contribution in [2.45, 2.75) is 82.1 Å². The van der Waals surface area contributed by atoms with Crippen LogP contribution < -0.4 is 0 Å². The van der Waals surface area contributed by atoms with Gasteiger partial charge in [0.05, 0.1) is 17.0 Å². The minimum atomic E-state index is -0.526. The Morgan fingerprint density at radius 2 is 1.78 bits per heavy atom. The number of nitriles is 1. The molecule has 4 heteroatoms. The third kappa shape index (κ3) is 4.85. The van der Waals surface area contributed by atoms with Crippen molar-refractivity contribution < 1.29 is 9.53 Å². The molecule has 1 aromatic carbocycles. The fourth-order valence-electron chi connectivity index (χ4n) is 4.80. The first-order valence-electron chi connectivity index (χ1n) is 10.5. The van der Waals surface area contributed by atoms with Crippen LogP contribution in [0.2, 0.25) is 0 Å². The summed E-state index contributed by atoms with van der Waals surface area (Å²) in [5.74, 6) is 1.43. The van der Waals surface area contributed by atoms with Gasteiger partial charge in [-0.3, -0.25) is 4.79 Å². The summed E-state index contributed by atoms with van der Waals surface area (Å²) < 4.78 is 6.07. The van der Waals surface area contributed by atoms with Crippen molar-refractivity contribution in [3.63, 3.8) is 0 Å². The number of nitrogens with zero attached hydrogens (tertiary/aromatic N) is 1. The zero-order valence-corrected chi connectivity index (χ0v) is 16.8. The molecule has 2 saturated carbocycles. The van der Waals surface area contributed by atoms with Crippen LogP contribution in [-0.2, 0) is 14.9 Å². The highest BCUT2D eigenvalue weighted by atomic mass is 35.5. The predicted molar refractivity (Wildman–Crippen MR) is 108 cm³/mol. The first-order chi connectivity index (χ1) is 13.2. The maximum atomic E-state index is 13.3. The van der Waals surface area contributed by atoms with Crippen molar-refractivity contribution in [3.05, 3.63) is 35.4 Å². The largest absolute Gasteiger partial charge is 0.462 e. The monoisotopic (exact) mass is 387 g/mol. The van der Waals surface area contributed by atoms with E-state index in [9.17, 15) is 4.79 Å². The molecule has 0 radical (unpaired) electrons. The van der Waals surface area contributed by atoms with E-state index in [4.69, 9.17) is 21.6 Å². The molecule has 0 aromatic heterocycles. The maximum Gasteiger partial charge on any atom is 0.316 e. The van der Waals surface area contributed by atoms with Gasteiger partial charge in [-0.1, -0.05) is 31.4 Å². The minimum absolute atomic E-state index is 0.0453. The maximum absolute atomic E-state index is 13.3. The van der Waals surface area contributed by atoms with Gasteiger partial charge in [0.25, 0.3) is 0 Å². The van der Waals surface area contributed by atoms with Crippen LogP contribution in [0.4, 0.5) is 0 Å². The Kier molecular flexibility index (Phi) is 7.19. The third-order valence-corrected chi connectivity index (χ3v) is 6.75. The number of ether oxygens (including phenoxy) is 1. The van der Waals surface area contributed by atoms with E-state index < -0.39 is 5.41 Å². The van der Waals surface area contributed by atoms with Crippen LogP contribution in [0.3, 0.4) is 0 Å². The average molecular weight is 388 g/mol. The Hall–Kier alpha value is -1.53. The van der Waals surface area contributed by atoms with Gasteiger partial charge in [-0.05, 0) is 75.0 Å². The smallest absolute Gasteiger partial charge is 0.316 e. The summed E-state index contributed by atoms with van der Waals surface area (Å²) in [6.07, 6.45) is 11.5. The first-order valence-corrected chi connectivity index (χ1v) is 11.0. The SMILES string of the molecule is N#Cc1ccc(C2(C(=O)O[C@H]3CC[C@H](CCCCl)CC3)CCCCC2)cc1. The molecule has 3 rings (SSSR count). The van der Waals surface area contributed by atoms with Gasteiger partial charge in [0.15, 0.2) is 0 Å². The Labute approximate surface area is 168 Å². The van der Waals surface area contributed by atoms with Crippen LogP contribution in [0.15, 0.2) is 24.3 Å². The predicted octanol–water partition coefficient (Wildman–Crippen LogP) is 5.88. The molecule has 0 atom stereocenters. The van der Waals surface area contributed by atoms with Gasteiger partial charge in [0, 0.05) is 5.88 Å². The standard InChI is InChI=1S/C23H30ClNO2/c24-16-4-5-18-8-12-21(13-9-18)27-22(26)23(14-2-1-3-15-23)20-10-6-19(17-25)7-11-20/h6-7,10-11,18,21H,1-5,8-9,12-16H2/t18-,21-. The molecule has 0 aliphatic heterocycles. The lowest BCUT2D eigenvalue weighted by Crippen LogP contribution is -2.41. The molecule has 0 amide bonds. The lowest BCUT2D eigenvalue weighted by atomic mass is 9.69. The van der Waals surface area contributed by atoms with Crippen molar-refractivity contribution in [3.8, 4) is 6.07 Å². The quantitative estimate of drug-likeness (QED) is 0.452. The summed E-state index contributed by atoms with van der Waals surface area (Å²) in [4.78, 5) is 13.3. The van der Waals surface area contributed by atoms with E-state index in [-0.39, 0.29) is 12.1 Å². The fraction of sp³-hybridized carbons (Fsp3) is 0.652. The Bertz CT molecular complexity index is 650.